The van der Waals surface area contributed by atoms with E-state index in [1.165, 1.54) is 5.69 Å². The molecule has 0 aromatic heterocycles. The lowest BCUT2D eigenvalue weighted by Crippen LogP contribution is -2.36. The molecule has 0 spiro atoms. The predicted molar refractivity (Wildman–Crippen MR) is 112 cm³/mol. The number of anilines is 1. The fourth-order valence-electron chi connectivity index (χ4n) is 3.21. The van der Waals surface area contributed by atoms with Gasteiger partial charge in [-0.15, -0.1) is 0 Å². The number of carbonyl (C=O) groups is 1. The van der Waals surface area contributed by atoms with Gasteiger partial charge >= 0.3 is 0 Å². The summed E-state index contributed by atoms with van der Waals surface area (Å²) >= 11 is 6.18. The van der Waals surface area contributed by atoms with Gasteiger partial charge in [-0.2, -0.15) is 0 Å². The maximum atomic E-state index is 12.4. The number of ether oxygens (including phenoxy) is 2. The molecule has 3 rings (SSSR count). The molecule has 1 aliphatic rings. The van der Waals surface area contributed by atoms with Crippen LogP contribution in [0.1, 0.15) is 23.6 Å². The van der Waals surface area contributed by atoms with Gasteiger partial charge in [0.1, 0.15) is 5.75 Å². The maximum absolute atomic E-state index is 12.4. The first kappa shape index (κ1) is 20.5. The molecule has 2 aromatic carbocycles. The monoisotopic (exact) mass is 402 g/mol. The summed E-state index contributed by atoms with van der Waals surface area (Å²) in [6.07, 6.45) is -0.590. The molecular formula is C22H27ClN2O3. The lowest BCUT2D eigenvalue weighted by molar-refractivity contribution is -0.127. The molecule has 1 fully saturated rings. The van der Waals surface area contributed by atoms with Crippen molar-refractivity contribution >= 4 is 23.2 Å². The Morgan fingerprint density at radius 1 is 1.18 bits per heavy atom. The quantitative estimate of drug-likeness (QED) is 0.796. The van der Waals surface area contributed by atoms with Crippen LogP contribution in [0.3, 0.4) is 0 Å². The van der Waals surface area contributed by atoms with Gasteiger partial charge in [0.05, 0.1) is 13.2 Å². The highest BCUT2D eigenvalue weighted by atomic mass is 35.5. The molecule has 2 aromatic rings. The van der Waals surface area contributed by atoms with Crippen molar-refractivity contribution in [2.45, 2.75) is 33.4 Å². The highest BCUT2D eigenvalue weighted by Gasteiger charge is 2.16. The zero-order chi connectivity index (χ0) is 20.1. The first-order chi connectivity index (χ1) is 13.4. The number of hydrogen-bond donors (Lipinski definition) is 1. The highest BCUT2D eigenvalue weighted by molar-refractivity contribution is 6.32. The normalized spacial score (nSPS) is 15.2. The molecule has 5 nitrogen and oxygen atoms in total. The van der Waals surface area contributed by atoms with E-state index < -0.39 is 6.10 Å². The summed E-state index contributed by atoms with van der Waals surface area (Å²) in [4.78, 5) is 14.7. The van der Waals surface area contributed by atoms with Gasteiger partial charge in [0.2, 0.25) is 0 Å². The number of rotatable bonds is 6. The standard InChI is InChI=1S/C22H27ClN2O3/c1-15-12-20(13-16(2)21(15)23)28-17(3)22(26)24-14-18-4-6-19(7-5-18)25-8-10-27-11-9-25/h4-7,12-13,17H,8-11,14H2,1-3H3,(H,24,26)/t17-/m0/s1. The van der Waals surface area contributed by atoms with Crippen molar-refractivity contribution in [2.75, 3.05) is 31.2 Å². The van der Waals surface area contributed by atoms with Crippen LogP contribution in [-0.4, -0.2) is 38.3 Å². The van der Waals surface area contributed by atoms with Crippen LogP contribution in [0.5, 0.6) is 5.75 Å². The molecule has 0 unspecified atom stereocenters. The van der Waals surface area contributed by atoms with Crippen molar-refractivity contribution in [3.05, 3.63) is 58.1 Å². The minimum Gasteiger partial charge on any atom is -0.481 e. The molecule has 28 heavy (non-hydrogen) atoms. The lowest BCUT2D eigenvalue weighted by atomic mass is 10.1. The van der Waals surface area contributed by atoms with E-state index in [2.05, 4.69) is 22.3 Å². The molecule has 1 N–H and O–H groups in total. The summed E-state index contributed by atoms with van der Waals surface area (Å²) in [7, 11) is 0. The van der Waals surface area contributed by atoms with Gasteiger partial charge in [-0.05, 0) is 61.7 Å². The third kappa shape index (κ3) is 5.18. The fourth-order valence-corrected chi connectivity index (χ4v) is 3.32. The number of halogens is 1. The van der Waals surface area contributed by atoms with Crippen LogP contribution in [0.15, 0.2) is 36.4 Å². The zero-order valence-electron chi connectivity index (χ0n) is 16.6. The van der Waals surface area contributed by atoms with Crippen molar-refractivity contribution in [1.29, 1.82) is 0 Å². The SMILES string of the molecule is Cc1cc(O[C@@H](C)C(=O)NCc2ccc(N3CCOCC3)cc2)cc(C)c1Cl. The smallest absolute Gasteiger partial charge is 0.261 e. The van der Waals surface area contributed by atoms with Gasteiger partial charge in [0.15, 0.2) is 6.10 Å². The summed E-state index contributed by atoms with van der Waals surface area (Å²) in [5.41, 5.74) is 4.11. The Hall–Kier alpha value is -2.24. The van der Waals surface area contributed by atoms with Crippen molar-refractivity contribution in [3.8, 4) is 5.75 Å². The number of benzene rings is 2. The summed E-state index contributed by atoms with van der Waals surface area (Å²) in [6.45, 7) is 9.42. The number of aryl methyl sites for hydroxylation is 2. The summed E-state index contributed by atoms with van der Waals surface area (Å²) in [5.74, 6) is 0.499. The number of carbonyl (C=O) groups excluding carboxylic acids is 1. The Kier molecular flexibility index (Phi) is 6.81. The van der Waals surface area contributed by atoms with Crippen LogP contribution >= 0.6 is 11.6 Å². The van der Waals surface area contributed by atoms with Crippen molar-refractivity contribution in [2.24, 2.45) is 0 Å². The van der Waals surface area contributed by atoms with Gasteiger partial charge in [-0.25, -0.2) is 0 Å². The van der Waals surface area contributed by atoms with E-state index in [1.807, 2.05) is 38.1 Å². The second kappa shape index (κ2) is 9.30. The second-order valence-electron chi connectivity index (χ2n) is 7.11. The van der Waals surface area contributed by atoms with Crippen LogP contribution in [-0.2, 0) is 16.1 Å². The fraction of sp³-hybridized carbons (Fsp3) is 0.409. The number of morpholine rings is 1. The minimum atomic E-state index is -0.590. The van der Waals surface area contributed by atoms with Crippen LogP contribution in [0, 0.1) is 13.8 Å². The molecule has 0 radical (unpaired) electrons. The first-order valence-corrected chi connectivity index (χ1v) is 9.94. The number of amides is 1. The Morgan fingerprint density at radius 2 is 1.79 bits per heavy atom. The van der Waals surface area contributed by atoms with Gasteiger partial charge in [-0.1, -0.05) is 23.7 Å². The molecule has 0 aliphatic carbocycles. The summed E-state index contributed by atoms with van der Waals surface area (Å²) < 4.78 is 11.2. The first-order valence-electron chi connectivity index (χ1n) is 9.57. The van der Waals surface area contributed by atoms with E-state index in [-0.39, 0.29) is 5.91 Å². The van der Waals surface area contributed by atoms with Crippen LogP contribution in [0.2, 0.25) is 5.02 Å². The molecule has 0 saturated carbocycles. The van der Waals surface area contributed by atoms with E-state index in [0.29, 0.717) is 12.3 Å². The molecular weight excluding hydrogens is 376 g/mol. The molecule has 150 valence electrons. The van der Waals surface area contributed by atoms with Gasteiger partial charge in [0.25, 0.3) is 5.91 Å². The average Bonchev–Trinajstić information content (AvgIpc) is 2.71. The lowest BCUT2D eigenvalue weighted by Gasteiger charge is -2.28. The van der Waals surface area contributed by atoms with E-state index in [1.54, 1.807) is 6.92 Å². The van der Waals surface area contributed by atoms with Crippen molar-refractivity contribution in [1.82, 2.24) is 5.32 Å². The Bertz CT molecular complexity index is 794. The Labute approximate surface area is 171 Å². The van der Waals surface area contributed by atoms with Crippen LogP contribution < -0.4 is 15.0 Å². The summed E-state index contributed by atoms with van der Waals surface area (Å²) in [6, 6.07) is 12.0. The van der Waals surface area contributed by atoms with Gasteiger partial charge in [-0.3, -0.25) is 4.79 Å². The number of nitrogens with one attached hydrogen (secondary N) is 1. The van der Waals surface area contributed by atoms with Crippen LogP contribution in [0.4, 0.5) is 5.69 Å². The third-order valence-corrected chi connectivity index (χ3v) is 5.47. The molecule has 1 aliphatic heterocycles. The molecule has 6 heteroatoms. The average molecular weight is 403 g/mol. The highest BCUT2D eigenvalue weighted by Crippen LogP contribution is 2.26. The van der Waals surface area contributed by atoms with E-state index >= 15 is 0 Å². The molecule has 1 saturated heterocycles. The molecule has 1 amide bonds. The van der Waals surface area contributed by atoms with E-state index in [9.17, 15) is 4.79 Å². The maximum Gasteiger partial charge on any atom is 0.261 e. The Morgan fingerprint density at radius 3 is 2.39 bits per heavy atom. The Balaban J connectivity index is 1.51. The zero-order valence-corrected chi connectivity index (χ0v) is 17.4. The largest absolute Gasteiger partial charge is 0.481 e. The summed E-state index contributed by atoms with van der Waals surface area (Å²) in [5, 5.41) is 3.66. The predicted octanol–water partition coefficient (Wildman–Crippen LogP) is 3.88. The van der Waals surface area contributed by atoms with Crippen molar-refractivity contribution < 1.29 is 14.3 Å². The van der Waals surface area contributed by atoms with Gasteiger partial charge in [0, 0.05) is 30.3 Å². The molecule has 1 heterocycles. The minimum absolute atomic E-state index is 0.150. The second-order valence-corrected chi connectivity index (χ2v) is 7.49. The third-order valence-electron chi connectivity index (χ3n) is 4.87. The van der Waals surface area contributed by atoms with Crippen LogP contribution in [0.25, 0.3) is 0 Å². The van der Waals surface area contributed by atoms with E-state index in [0.717, 1.165) is 48.0 Å². The van der Waals surface area contributed by atoms with Crippen molar-refractivity contribution in [3.63, 3.8) is 0 Å². The molecule has 0 bridgehead atoms. The number of hydrogen-bond acceptors (Lipinski definition) is 4. The van der Waals surface area contributed by atoms with E-state index in [4.69, 9.17) is 21.1 Å². The number of nitrogens with zero attached hydrogens (tertiary/aromatic N) is 1. The molecule has 1 atom stereocenters. The topological polar surface area (TPSA) is 50.8 Å². The van der Waals surface area contributed by atoms with Gasteiger partial charge < -0.3 is 19.7 Å².